The highest BCUT2D eigenvalue weighted by molar-refractivity contribution is 6.01. The van der Waals surface area contributed by atoms with Crippen molar-refractivity contribution in [1.82, 2.24) is 5.01 Å². The van der Waals surface area contributed by atoms with Gasteiger partial charge in [0.2, 0.25) is 0 Å². The Morgan fingerprint density at radius 2 is 1.76 bits per heavy atom. The summed E-state index contributed by atoms with van der Waals surface area (Å²) in [7, 11) is 1.49. The molecule has 0 bridgehead atoms. The van der Waals surface area contributed by atoms with Gasteiger partial charge in [-0.25, -0.2) is 0 Å². The van der Waals surface area contributed by atoms with Gasteiger partial charge in [-0.15, -0.1) is 0 Å². The molecule has 1 heterocycles. The van der Waals surface area contributed by atoms with Crippen molar-refractivity contribution in [3.63, 3.8) is 0 Å². The Morgan fingerprint density at radius 1 is 1.07 bits per heavy atom. The highest BCUT2D eigenvalue weighted by atomic mass is 16.5. The van der Waals surface area contributed by atoms with Gasteiger partial charge in [0.15, 0.2) is 17.5 Å². The summed E-state index contributed by atoms with van der Waals surface area (Å²) in [6.45, 7) is 0. The smallest absolute Gasteiger partial charge is 0.160 e. The predicted octanol–water partition coefficient (Wildman–Crippen LogP) is 4.82. The molecule has 0 amide bonds. The van der Waals surface area contributed by atoms with Gasteiger partial charge in [0.25, 0.3) is 0 Å². The van der Waals surface area contributed by atoms with E-state index in [2.05, 4.69) is 18.2 Å². The van der Waals surface area contributed by atoms with Gasteiger partial charge < -0.3 is 9.84 Å². The first-order valence-electron chi connectivity index (χ1n) is 9.44. The van der Waals surface area contributed by atoms with Crippen molar-refractivity contribution in [2.45, 2.75) is 18.5 Å². The number of hydrogen-bond donors (Lipinski definition) is 1. The lowest BCUT2D eigenvalue weighted by Crippen LogP contribution is -2.24. The molecule has 3 aromatic rings. The quantitative estimate of drug-likeness (QED) is 0.686. The van der Waals surface area contributed by atoms with Gasteiger partial charge in [-0.05, 0) is 28.8 Å². The molecule has 0 aromatic heterocycles. The third-order valence-electron chi connectivity index (χ3n) is 5.14. The molecule has 0 saturated carbocycles. The van der Waals surface area contributed by atoms with Gasteiger partial charge in [0, 0.05) is 6.42 Å². The van der Waals surface area contributed by atoms with Crippen molar-refractivity contribution in [2.75, 3.05) is 7.11 Å². The van der Waals surface area contributed by atoms with Crippen molar-refractivity contribution in [3.8, 4) is 17.6 Å². The first kappa shape index (κ1) is 18.6. The Labute approximate surface area is 170 Å². The largest absolute Gasteiger partial charge is 0.504 e. The predicted molar refractivity (Wildman–Crippen MR) is 112 cm³/mol. The Hall–Kier alpha value is -3.78. The molecule has 4 rings (SSSR count). The second-order valence-electron chi connectivity index (χ2n) is 6.89. The molecule has 0 unspecified atom stereocenters. The maximum absolute atomic E-state index is 10.0. The second kappa shape index (κ2) is 8.07. The van der Waals surface area contributed by atoms with E-state index in [4.69, 9.17) is 9.84 Å². The van der Waals surface area contributed by atoms with Crippen LogP contribution in [0.3, 0.4) is 0 Å². The number of hydrazone groups is 1. The Bertz CT molecular complexity index is 1060. The Morgan fingerprint density at radius 3 is 2.41 bits per heavy atom. The summed E-state index contributed by atoms with van der Waals surface area (Å²) in [4.78, 5) is 0. The number of nitriles is 1. The fourth-order valence-electron chi connectivity index (χ4n) is 3.67. The van der Waals surface area contributed by atoms with Gasteiger partial charge in [-0.3, -0.25) is 5.01 Å². The normalized spacial score (nSPS) is 16.8. The zero-order valence-corrected chi connectivity index (χ0v) is 16.1. The van der Waals surface area contributed by atoms with Gasteiger partial charge in [-0.2, -0.15) is 10.4 Å². The first-order valence-corrected chi connectivity index (χ1v) is 9.44. The van der Waals surface area contributed by atoms with Crippen molar-refractivity contribution >= 4 is 5.71 Å². The molecule has 0 aliphatic carbocycles. The van der Waals surface area contributed by atoms with Crippen LogP contribution in [0.4, 0.5) is 0 Å². The van der Waals surface area contributed by atoms with E-state index in [-0.39, 0.29) is 11.8 Å². The highest BCUT2D eigenvalue weighted by Gasteiger charge is 2.34. The Kier molecular flexibility index (Phi) is 5.17. The van der Waals surface area contributed by atoms with Crippen molar-refractivity contribution in [2.24, 2.45) is 5.10 Å². The standard InChI is InChI=1S/C24H21N3O2/c1-29-24-14-19(12-13-23(24)28)22(16-25)27-21(18-10-6-3-7-11-18)15-20(26-27)17-8-4-2-5-9-17/h2-14,21-22,28H,15H2,1H3/t21-,22+/m0/s1. The van der Waals surface area contributed by atoms with Gasteiger partial charge in [-0.1, -0.05) is 66.7 Å². The number of hydrogen-bond acceptors (Lipinski definition) is 5. The molecule has 5 nitrogen and oxygen atoms in total. The van der Waals surface area contributed by atoms with Crippen molar-refractivity contribution in [1.29, 1.82) is 5.26 Å². The maximum atomic E-state index is 10.0. The molecule has 5 heteroatoms. The van der Waals surface area contributed by atoms with E-state index >= 15 is 0 Å². The maximum Gasteiger partial charge on any atom is 0.160 e. The number of methoxy groups -OCH3 is 1. The van der Waals surface area contributed by atoms with Crippen molar-refractivity contribution in [3.05, 3.63) is 95.6 Å². The summed E-state index contributed by atoms with van der Waals surface area (Å²) in [5.41, 5.74) is 3.83. The van der Waals surface area contributed by atoms with Crippen LogP contribution < -0.4 is 4.74 Å². The number of rotatable bonds is 5. The minimum absolute atomic E-state index is 0.0439. The van der Waals surface area contributed by atoms with Gasteiger partial charge in [0.05, 0.1) is 24.9 Å². The summed E-state index contributed by atoms with van der Waals surface area (Å²) in [6.07, 6.45) is 0.710. The van der Waals surface area contributed by atoms with Crippen LogP contribution in [0.1, 0.15) is 35.2 Å². The summed E-state index contributed by atoms with van der Waals surface area (Å²) in [5.74, 6) is 0.382. The summed E-state index contributed by atoms with van der Waals surface area (Å²) in [5, 5.41) is 26.7. The van der Waals surface area contributed by atoms with E-state index in [0.717, 1.165) is 22.4 Å². The topological polar surface area (TPSA) is 68.8 Å². The molecule has 144 valence electrons. The molecule has 2 atom stereocenters. The number of phenolic OH excluding ortho intramolecular Hbond substituents is 1. The fourth-order valence-corrected chi connectivity index (χ4v) is 3.67. The molecule has 0 radical (unpaired) electrons. The average molecular weight is 383 g/mol. The highest BCUT2D eigenvalue weighted by Crippen LogP contribution is 2.40. The third kappa shape index (κ3) is 3.65. The lowest BCUT2D eigenvalue weighted by Gasteiger charge is -2.28. The Balaban J connectivity index is 1.77. The molecule has 3 aromatic carbocycles. The molecule has 1 aliphatic rings. The fraction of sp³-hybridized carbons (Fsp3) is 0.167. The second-order valence-corrected chi connectivity index (χ2v) is 6.89. The molecular weight excluding hydrogens is 362 g/mol. The zero-order valence-electron chi connectivity index (χ0n) is 16.1. The van der Waals surface area contributed by atoms with Crippen LogP contribution in [0.15, 0.2) is 84.0 Å². The zero-order chi connectivity index (χ0) is 20.2. The van der Waals surface area contributed by atoms with E-state index in [1.807, 2.05) is 53.5 Å². The van der Waals surface area contributed by atoms with Crippen LogP contribution in [0.5, 0.6) is 11.5 Å². The number of ether oxygens (including phenoxy) is 1. The monoisotopic (exact) mass is 383 g/mol. The van der Waals surface area contributed by atoms with Crippen LogP contribution in [0.2, 0.25) is 0 Å². The number of phenols is 1. The minimum atomic E-state index is -0.615. The molecule has 0 fully saturated rings. The van der Waals surface area contributed by atoms with Gasteiger partial charge >= 0.3 is 0 Å². The van der Waals surface area contributed by atoms with Crippen LogP contribution in [0, 0.1) is 11.3 Å². The van der Waals surface area contributed by atoms with Crippen molar-refractivity contribution < 1.29 is 9.84 Å². The molecule has 0 saturated heterocycles. The van der Waals surface area contributed by atoms with Crippen LogP contribution in [-0.2, 0) is 0 Å². The van der Waals surface area contributed by atoms with Gasteiger partial charge in [0.1, 0.15) is 0 Å². The van der Waals surface area contributed by atoms with Crippen LogP contribution in [0.25, 0.3) is 0 Å². The summed E-state index contributed by atoms with van der Waals surface area (Å²) in [6, 6.07) is 26.8. The van der Waals surface area contributed by atoms with E-state index in [1.54, 1.807) is 18.2 Å². The SMILES string of the molecule is COc1cc([C@@H](C#N)N2N=C(c3ccccc3)C[C@H]2c2ccccc2)ccc1O. The minimum Gasteiger partial charge on any atom is -0.504 e. The van der Waals surface area contributed by atoms with E-state index in [1.165, 1.54) is 7.11 Å². The molecule has 1 aliphatic heterocycles. The number of aromatic hydroxyl groups is 1. The van der Waals surface area contributed by atoms with Crippen LogP contribution in [-0.4, -0.2) is 22.9 Å². The number of nitrogens with zero attached hydrogens (tertiary/aromatic N) is 3. The lowest BCUT2D eigenvalue weighted by molar-refractivity contribution is 0.196. The molecule has 1 N–H and O–H groups in total. The van der Waals surface area contributed by atoms with E-state index in [9.17, 15) is 10.4 Å². The average Bonchev–Trinajstić information content (AvgIpc) is 3.22. The van der Waals surface area contributed by atoms with E-state index < -0.39 is 6.04 Å². The summed E-state index contributed by atoms with van der Waals surface area (Å²) >= 11 is 0. The third-order valence-corrected chi connectivity index (χ3v) is 5.14. The van der Waals surface area contributed by atoms with E-state index in [0.29, 0.717) is 12.2 Å². The lowest BCUT2D eigenvalue weighted by atomic mass is 9.97. The summed E-state index contributed by atoms with van der Waals surface area (Å²) < 4.78 is 5.23. The number of benzene rings is 3. The molecule has 0 spiro atoms. The first-order chi connectivity index (χ1) is 14.2. The van der Waals surface area contributed by atoms with Crippen LogP contribution >= 0.6 is 0 Å². The molecular formula is C24H21N3O2. The molecule has 29 heavy (non-hydrogen) atoms.